The van der Waals surface area contributed by atoms with Gasteiger partial charge in [0.1, 0.15) is 10.8 Å². The first-order chi connectivity index (χ1) is 9.65. The minimum absolute atomic E-state index is 0.0454. The van der Waals surface area contributed by atoms with Crippen molar-refractivity contribution in [2.75, 3.05) is 4.72 Å². The van der Waals surface area contributed by atoms with E-state index in [0.29, 0.717) is 0 Å². The quantitative estimate of drug-likeness (QED) is 0.687. The molecule has 11 heteroatoms. The summed E-state index contributed by atoms with van der Waals surface area (Å²) in [6.07, 6.45) is 1.04. The van der Waals surface area contributed by atoms with Gasteiger partial charge < -0.3 is 4.57 Å². The average Bonchev–Trinajstić information content (AvgIpc) is 2.73. The normalized spacial score (nSPS) is 11.7. The Morgan fingerprint density at radius 1 is 1.19 bits per heavy atom. The number of benzene rings is 1. The summed E-state index contributed by atoms with van der Waals surface area (Å²) < 4.78 is 79.2. The number of rotatable bonds is 3. The molecule has 0 bridgehead atoms. The van der Waals surface area contributed by atoms with Crippen LogP contribution in [0.5, 0.6) is 0 Å². The Labute approximate surface area is 121 Å². The monoisotopic (exact) mass is 343 g/mol. The van der Waals surface area contributed by atoms with E-state index in [0.717, 1.165) is 10.9 Å². The number of imidazole rings is 1. The smallest absolute Gasteiger partial charge is 0.282 e. The fourth-order valence-electron chi connectivity index (χ4n) is 1.42. The minimum Gasteiger partial charge on any atom is -0.324 e. The van der Waals surface area contributed by atoms with Crippen molar-refractivity contribution < 1.29 is 26.0 Å². The molecule has 21 heavy (non-hydrogen) atoms. The van der Waals surface area contributed by atoms with Gasteiger partial charge in [-0.1, -0.05) is 11.6 Å². The van der Waals surface area contributed by atoms with Crippen molar-refractivity contribution in [2.45, 2.75) is 5.03 Å². The summed E-state index contributed by atoms with van der Waals surface area (Å²) in [6, 6.07) is -0.0454. The Kier molecular flexibility index (Phi) is 3.85. The van der Waals surface area contributed by atoms with E-state index in [1.165, 1.54) is 11.8 Å². The molecule has 0 saturated heterocycles. The van der Waals surface area contributed by atoms with E-state index in [1.54, 1.807) is 0 Å². The molecular formula is C10H6ClF4N3O2S. The topological polar surface area (TPSA) is 64.0 Å². The number of nitrogens with zero attached hydrogens (tertiary/aromatic N) is 2. The fourth-order valence-corrected chi connectivity index (χ4v) is 2.91. The van der Waals surface area contributed by atoms with Crippen LogP contribution in [0.15, 0.2) is 17.4 Å². The van der Waals surface area contributed by atoms with Gasteiger partial charge in [-0.05, 0) is 0 Å². The van der Waals surface area contributed by atoms with E-state index in [9.17, 15) is 26.0 Å². The number of sulfonamides is 1. The summed E-state index contributed by atoms with van der Waals surface area (Å²) >= 11 is 5.65. The van der Waals surface area contributed by atoms with Gasteiger partial charge in [-0.25, -0.2) is 22.5 Å². The van der Waals surface area contributed by atoms with E-state index in [4.69, 9.17) is 11.6 Å². The number of anilines is 1. The first kappa shape index (κ1) is 15.6. The van der Waals surface area contributed by atoms with Gasteiger partial charge in [0.2, 0.25) is 5.03 Å². The molecule has 0 aliphatic heterocycles. The number of hydrogen-bond acceptors (Lipinski definition) is 3. The Morgan fingerprint density at radius 3 is 2.14 bits per heavy atom. The number of aryl methyl sites for hydroxylation is 1. The van der Waals surface area contributed by atoms with Gasteiger partial charge in [0.15, 0.2) is 23.3 Å². The lowest BCUT2D eigenvalue weighted by molar-refractivity contribution is 0.459. The highest BCUT2D eigenvalue weighted by Gasteiger charge is 2.28. The molecule has 0 aliphatic rings. The van der Waals surface area contributed by atoms with Crippen LogP contribution in [0.4, 0.5) is 23.2 Å². The molecule has 0 fully saturated rings. The lowest BCUT2D eigenvalue weighted by Crippen LogP contribution is -2.17. The van der Waals surface area contributed by atoms with Crippen molar-refractivity contribution in [1.82, 2.24) is 9.55 Å². The third-order valence-electron chi connectivity index (χ3n) is 2.44. The van der Waals surface area contributed by atoms with Crippen molar-refractivity contribution in [3.8, 4) is 0 Å². The van der Waals surface area contributed by atoms with Crippen molar-refractivity contribution in [2.24, 2.45) is 7.05 Å². The molecule has 0 unspecified atom stereocenters. The molecule has 2 aromatic rings. The molecular weight excluding hydrogens is 338 g/mol. The van der Waals surface area contributed by atoms with Gasteiger partial charge in [0.25, 0.3) is 10.0 Å². The Hall–Kier alpha value is -1.81. The zero-order chi connectivity index (χ0) is 15.9. The van der Waals surface area contributed by atoms with Gasteiger partial charge in [-0.15, -0.1) is 0 Å². The van der Waals surface area contributed by atoms with Crippen LogP contribution in [-0.2, 0) is 17.1 Å². The zero-order valence-corrected chi connectivity index (χ0v) is 11.7. The molecule has 1 N–H and O–H groups in total. The van der Waals surface area contributed by atoms with Crippen LogP contribution in [-0.4, -0.2) is 18.0 Å². The Morgan fingerprint density at radius 2 is 1.71 bits per heavy atom. The maximum Gasteiger partial charge on any atom is 0.282 e. The summed E-state index contributed by atoms with van der Waals surface area (Å²) in [5.74, 6) is -7.27. The maximum atomic E-state index is 13.4. The second-order valence-electron chi connectivity index (χ2n) is 3.90. The van der Waals surface area contributed by atoms with E-state index >= 15 is 0 Å². The predicted molar refractivity (Wildman–Crippen MR) is 65.3 cm³/mol. The lowest BCUT2D eigenvalue weighted by Gasteiger charge is -2.09. The van der Waals surface area contributed by atoms with Crippen molar-refractivity contribution >= 4 is 27.3 Å². The van der Waals surface area contributed by atoms with E-state index < -0.39 is 44.0 Å². The van der Waals surface area contributed by atoms with Crippen molar-refractivity contribution in [3.05, 3.63) is 40.8 Å². The van der Waals surface area contributed by atoms with Gasteiger partial charge in [-0.3, -0.25) is 4.72 Å². The first-order valence-corrected chi connectivity index (χ1v) is 7.04. The lowest BCUT2D eigenvalue weighted by atomic mass is 10.3. The van der Waals surface area contributed by atoms with Gasteiger partial charge in [-0.2, -0.15) is 8.42 Å². The van der Waals surface area contributed by atoms with E-state index in [1.807, 2.05) is 0 Å². The summed E-state index contributed by atoms with van der Waals surface area (Å²) in [5.41, 5.74) is -1.49. The molecule has 0 amide bonds. The van der Waals surface area contributed by atoms with Crippen molar-refractivity contribution in [1.29, 1.82) is 0 Å². The van der Waals surface area contributed by atoms with Crippen LogP contribution >= 0.6 is 11.6 Å². The van der Waals surface area contributed by atoms with Gasteiger partial charge in [0.05, 0.1) is 6.33 Å². The van der Waals surface area contributed by atoms with Crippen LogP contribution in [0.25, 0.3) is 0 Å². The molecule has 0 spiro atoms. The number of nitrogens with one attached hydrogen (secondary N) is 1. The molecule has 114 valence electrons. The highest BCUT2D eigenvalue weighted by atomic mass is 35.5. The predicted octanol–water partition coefficient (Wildman–Crippen LogP) is 2.43. The molecule has 0 radical (unpaired) electrons. The standard InChI is InChI=1S/C10H6ClF4N3O2S/c1-18-3-16-10(9(18)11)21(19,20)17-8-6(14)4(12)2-5(13)7(8)15/h2-3,17H,1H3. The second-order valence-corrected chi connectivity index (χ2v) is 5.86. The summed E-state index contributed by atoms with van der Waals surface area (Å²) in [6.45, 7) is 0. The largest absolute Gasteiger partial charge is 0.324 e. The van der Waals surface area contributed by atoms with Crippen LogP contribution in [0.3, 0.4) is 0 Å². The molecule has 1 aromatic carbocycles. The molecule has 0 saturated carbocycles. The summed E-state index contributed by atoms with van der Waals surface area (Å²) in [5, 5.41) is -1.09. The van der Waals surface area contributed by atoms with E-state index in [-0.39, 0.29) is 11.2 Å². The highest BCUT2D eigenvalue weighted by Crippen LogP contribution is 2.28. The number of hydrogen-bond donors (Lipinski definition) is 1. The zero-order valence-electron chi connectivity index (χ0n) is 10.2. The summed E-state index contributed by atoms with van der Waals surface area (Å²) in [7, 11) is -3.26. The third-order valence-corrected chi connectivity index (χ3v) is 4.28. The minimum atomic E-state index is -4.63. The van der Waals surface area contributed by atoms with E-state index in [2.05, 4.69) is 4.98 Å². The molecule has 1 aromatic heterocycles. The molecule has 0 atom stereocenters. The Balaban J connectivity index is 2.54. The molecule has 1 heterocycles. The molecule has 0 aliphatic carbocycles. The number of halogens is 5. The van der Waals surface area contributed by atoms with Crippen molar-refractivity contribution in [3.63, 3.8) is 0 Å². The summed E-state index contributed by atoms with van der Waals surface area (Å²) in [4.78, 5) is 3.44. The van der Waals surface area contributed by atoms with Crippen LogP contribution in [0.1, 0.15) is 0 Å². The van der Waals surface area contributed by atoms with Gasteiger partial charge in [0, 0.05) is 13.1 Å². The first-order valence-electron chi connectivity index (χ1n) is 5.17. The van der Waals surface area contributed by atoms with Gasteiger partial charge >= 0.3 is 0 Å². The van der Waals surface area contributed by atoms with Crippen LogP contribution in [0.2, 0.25) is 5.15 Å². The van der Waals surface area contributed by atoms with Crippen LogP contribution < -0.4 is 4.72 Å². The highest BCUT2D eigenvalue weighted by molar-refractivity contribution is 7.92. The SMILES string of the molecule is Cn1cnc(S(=O)(=O)Nc2c(F)c(F)cc(F)c2F)c1Cl. The van der Waals surface area contributed by atoms with Crippen LogP contribution in [0, 0.1) is 23.3 Å². The Bertz CT molecular complexity index is 796. The number of aromatic nitrogens is 2. The maximum absolute atomic E-state index is 13.4. The molecule has 5 nitrogen and oxygen atoms in total. The average molecular weight is 344 g/mol. The third kappa shape index (κ3) is 2.68. The molecule has 2 rings (SSSR count). The second kappa shape index (κ2) is 5.19. The fraction of sp³-hybridized carbons (Fsp3) is 0.100.